The SMILES string of the molecule is CN[C@@H](CCCC(=O)O)C(=O)O. The van der Waals surface area contributed by atoms with Gasteiger partial charge in [0.15, 0.2) is 0 Å². The van der Waals surface area contributed by atoms with Crippen molar-refractivity contribution < 1.29 is 19.8 Å². The van der Waals surface area contributed by atoms with Crippen LogP contribution in [0, 0.1) is 0 Å². The number of aliphatic carboxylic acids is 2. The first-order valence-corrected chi connectivity index (χ1v) is 3.69. The molecule has 0 fully saturated rings. The van der Waals surface area contributed by atoms with Crippen molar-refractivity contribution in [2.75, 3.05) is 7.05 Å². The lowest BCUT2D eigenvalue weighted by atomic mass is 10.1. The summed E-state index contributed by atoms with van der Waals surface area (Å²) in [7, 11) is 1.54. The first-order chi connectivity index (χ1) is 5.57. The molecule has 70 valence electrons. The maximum absolute atomic E-state index is 10.4. The van der Waals surface area contributed by atoms with E-state index in [1.165, 1.54) is 0 Å². The van der Waals surface area contributed by atoms with Crippen LogP contribution in [0.15, 0.2) is 0 Å². The molecule has 0 heterocycles. The highest BCUT2D eigenvalue weighted by molar-refractivity contribution is 5.73. The molecule has 5 heteroatoms. The second-order valence-corrected chi connectivity index (χ2v) is 2.47. The predicted molar refractivity (Wildman–Crippen MR) is 42.0 cm³/mol. The minimum Gasteiger partial charge on any atom is -0.481 e. The molecular formula is C7H13NO4. The third-order valence-electron chi connectivity index (χ3n) is 1.53. The summed E-state index contributed by atoms with van der Waals surface area (Å²) in [5.74, 6) is -1.84. The van der Waals surface area contributed by atoms with Crippen LogP contribution >= 0.6 is 0 Å². The molecule has 3 N–H and O–H groups in total. The monoisotopic (exact) mass is 175 g/mol. The Morgan fingerprint density at radius 1 is 1.42 bits per heavy atom. The smallest absolute Gasteiger partial charge is 0.320 e. The summed E-state index contributed by atoms with van der Waals surface area (Å²) in [6.07, 6.45) is 0.747. The molecule has 0 rings (SSSR count). The fourth-order valence-corrected chi connectivity index (χ4v) is 0.849. The first kappa shape index (κ1) is 10.9. The highest BCUT2D eigenvalue weighted by atomic mass is 16.4. The zero-order valence-electron chi connectivity index (χ0n) is 6.91. The van der Waals surface area contributed by atoms with Crippen molar-refractivity contribution in [1.29, 1.82) is 0 Å². The molecule has 0 aliphatic heterocycles. The minimum absolute atomic E-state index is 0.0193. The Labute approximate surface area is 70.4 Å². The quantitative estimate of drug-likeness (QED) is 0.525. The molecule has 0 unspecified atom stereocenters. The average molecular weight is 175 g/mol. The number of hydrogen-bond donors (Lipinski definition) is 3. The van der Waals surface area contributed by atoms with Crippen LogP contribution in [0.4, 0.5) is 0 Å². The van der Waals surface area contributed by atoms with Crippen molar-refractivity contribution in [3.05, 3.63) is 0 Å². The van der Waals surface area contributed by atoms with Gasteiger partial charge < -0.3 is 15.5 Å². The van der Waals surface area contributed by atoms with Gasteiger partial charge in [-0.15, -0.1) is 0 Å². The van der Waals surface area contributed by atoms with E-state index in [1.807, 2.05) is 0 Å². The first-order valence-electron chi connectivity index (χ1n) is 3.69. The summed E-state index contributed by atoms with van der Waals surface area (Å²) in [4.78, 5) is 20.5. The van der Waals surface area contributed by atoms with Crippen LogP contribution in [-0.4, -0.2) is 35.2 Å². The number of nitrogens with one attached hydrogen (secondary N) is 1. The van der Waals surface area contributed by atoms with Gasteiger partial charge >= 0.3 is 11.9 Å². The Balaban J connectivity index is 3.59. The fraction of sp³-hybridized carbons (Fsp3) is 0.714. The summed E-state index contributed by atoms with van der Waals surface area (Å²) in [6, 6.07) is -0.635. The number of rotatable bonds is 6. The van der Waals surface area contributed by atoms with E-state index in [-0.39, 0.29) is 6.42 Å². The van der Waals surface area contributed by atoms with Gasteiger partial charge in [-0.25, -0.2) is 0 Å². The molecule has 0 radical (unpaired) electrons. The molecule has 0 saturated carbocycles. The van der Waals surface area contributed by atoms with E-state index in [1.54, 1.807) is 7.05 Å². The standard InChI is InChI=1S/C7H13NO4/c1-8-5(7(11)12)3-2-4-6(9)10/h5,8H,2-4H2,1H3,(H,9,10)(H,11,12)/t5-/m0/s1. The van der Waals surface area contributed by atoms with Crippen molar-refractivity contribution in [2.45, 2.75) is 25.3 Å². The van der Waals surface area contributed by atoms with E-state index in [0.29, 0.717) is 12.8 Å². The molecule has 0 aromatic rings. The van der Waals surface area contributed by atoms with Crippen molar-refractivity contribution in [3.8, 4) is 0 Å². The Morgan fingerprint density at radius 3 is 2.33 bits per heavy atom. The molecule has 0 aromatic heterocycles. The van der Waals surface area contributed by atoms with Crippen molar-refractivity contribution in [3.63, 3.8) is 0 Å². The predicted octanol–water partition coefficient (Wildman–Crippen LogP) is -0.0861. The molecule has 0 aliphatic carbocycles. The molecule has 0 spiro atoms. The zero-order chi connectivity index (χ0) is 9.56. The Hall–Kier alpha value is -1.10. The summed E-state index contributed by atoms with van der Waals surface area (Å²) in [5.41, 5.74) is 0. The van der Waals surface area contributed by atoms with E-state index in [2.05, 4.69) is 5.32 Å². The maximum Gasteiger partial charge on any atom is 0.320 e. The lowest BCUT2D eigenvalue weighted by molar-refractivity contribution is -0.141. The summed E-state index contributed by atoms with van der Waals surface area (Å²) < 4.78 is 0. The van der Waals surface area contributed by atoms with E-state index in [0.717, 1.165) is 0 Å². The lowest BCUT2D eigenvalue weighted by Crippen LogP contribution is -2.33. The van der Waals surface area contributed by atoms with Crippen molar-refractivity contribution in [1.82, 2.24) is 5.32 Å². The number of carboxylic acid groups (broad SMARTS) is 2. The highest BCUT2D eigenvalue weighted by Crippen LogP contribution is 2.00. The summed E-state index contributed by atoms with van der Waals surface area (Å²) >= 11 is 0. The van der Waals surface area contributed by atoms with Gasteiger partial charge in [-0.05, 0) is 19.9 Å². The van der Waals surface area contributed by atoms with E-state index in [9.17, 15) is 9.59 Å². The van der Waals surface area contributed by atoms with Gasteiger partial charge in [0.2, 0.25) is 0 Å². The van der Waals surface area contributed by atoms with E-state index in [4.69, 9.17) is 10.2 Å². The van der Waals surface area contributed by atoms with E-state index >= 15 is 0 Å². The molecule has 0 amide bonds. The third-order valence-corrected chi connectivity index (χ3v) is 1.53. The second-order valence-electron chi connectivity index (χ2n) is 2.47. The highest BCUT2D eigenvalue weighted by Gasteiger charge is 2.14. The van der Waals surface area contributed by atoms with Crippen LogP contribution in [0.25, 0.3) is 0 Å². The maximum atomic E-state index is 10.4. The van der Waals surface area contributed by atoms with Gasteiger partial charge in [-0.1, -0.05) is 0 Å². The average Bonchev–Trinajstić information content (AvgIpc) is 1.96. The minimum atomic E-state index is -0.942. The molecule has 0 bridgehead atoms. The zero-order valence-corrected chi connectivity index (χ0v) is 6.91. The number of carboxylic acids is 2. The Bertz CT molecular complexity index is 169. The lowest BCUT2D eigenvalue weighted by Gasteiger charge is -2.08. The molecule has 12 heavy (non-hydrogen) atoms. The van der Waals surface area contributed by atoms with Crippen LogP contribution in [0.3, 0.4) is 0 Å². The molecule has 0 saturated heterocycles. The molecule has 0 aliphatic rings. The molecular weight excluding hydrogens is 162 g/mol. The normalized spacial score (nSPS) is 12.4. The number of carbonyl (C=O) groups is 2. The van der Waals surface area contributed by atoms with Gasteiger partial charge in [0.25, 0.3) is 0 Å². The van der Waals surface area contributed by atoms with Crippen LogP contribution in [0.5, 0.6) is 0 Å². The number of likely N-dealkylation sites (N-methyl/N-ethyl adjacent to an activating group) is 1. The van der Waals surface area contributed by atoms with Crippen LogP contribution in [0.1, 0.15) is 19.3 Å². The van der Waals surface area contributed by atoms with Gasteiger partial charge in [0.1, 0.15) is 6.04 Å². The largest absolute Gasteiger partial charge is 0.481 e. The second kappa shape index (κ2) is 5.54. The van der Waals surface area contributed by atoms with Crippen LogP contribution < -0.4 is 5.32 Å². The molecule has 0 aromatic carbocycles. The van der Waals surface area contributed by atoms with Crippen molar-refractivity contribution in [2.24, 2.45) is 0 Å². The molecule has 1 atom stereocenters. The fourth-order valence-electron chi connectivity index (χ4n) is 0.849. The Morgan fingerprint density at radius 2 is 2.00 bits per heavy atom. The van der Waals surface area contributed by atoms with Crippen LogP contribution in [-0.2, 0) is 9.59 Å². The van der Waals surface area contributed by atoms with Gasteiger partial charge in [-0.2, -0.15) is 0 Å². The molecule has 5 nitrogen and oxygen atoms in total. The van der Waals surface area contributed by atoms with Gasteiger partial charge in [0.05, 0.1) is 0 Å². The van der Waals surface area contributed by atoms with Gasteiger partial charge in [-0.3, -0.25) is 9.59 Å². The number of hydrogen-bond acceptors (Lipinski definition) is 3. The van der Waals surface area contributed by atoms with Crippen LogP contribution in [0.2, 0.25) is 0 Å². The van der Waals surface area contributed by atoms with Gasteiger partial charge in [0, 0.05) is 6.42 Å². The Kier molecular flexibility index (Phi) is 5.03. The summed E-state index contributed by atoms with van der Waals surface area (Å²) in [6.45, 7) is 0. The van der Waals surface area contributed by atoms with Crippen molar-refractivity contribution >= 4 is 11.9 Å². The summed E-state index contributed by atoms with van der Waals surface area (Å²) in [5, 5.41) is 19.4. The topological polar surface area (TPSA) is 86.6 Å². The third kappa shape index (κ3) is 4.68. The van der Waals surface area contributed by atoms with E-state index < -0.39 is 18.0 Å².